The predicted octanol–water partition coefficient (Wildman–Crippen LogP) is 6.01. The van der Waals surface area contributed by atoms with Gasteiger partial charge in [0.05, 0.1) is 28.3 Å². The van der Waals surface area contributed by atoms with Gasteiger partial charge in [-0.05, 0) is 49.6 Å². The van der Waals surface area contributed by atoms with Gasteiger partial charge in [-0.1, -0.05) is 78.5 Å². The molecule has 1 atom stereocenters. The summed E-state index contributed by atoms with van der Waals surface area (Å²) in [6.07, 6.45) is 0. The third-order valence-electron chi connectivity index (χ3n) is 6.15. The highest BCUT2D eigenvalue weighted by molar-refractivity contribution is 8.03. The summed E-state index contributed by atoms with van der Waals surface area (Å²) in [4.78, 5) is 26.3. The van der Waals surface area contributed by atoms with E-state index in [0.717, 1.165) is 22.4 Å². The van der Waals surface area contributed by atoms with E-state index in [1.807, 2.05) is 99.6 Å². The maximum absolute atomic E-state index is 13.5. The summed E-state index contributed by atoms with van der Waals surface area (Å²) in [6, 6.07) is 26.9. The maximum atomic E-state index is 13.5. The van der Waals surface area contributed by atoms with Crippen LogP contribution >= 0.6 is 11.8 Å². The van der Waals surface area contributed by atoms with Gasteiger partial charge in [0, 0.05) is 22.6 Å². The van der Waals surface area contributed by atoms with Crippen molar-refractivity contribution in [3.8, 4) is 6.07 Å². The van der Waals surface area contributed by atoms with Crippen LogP contribution in [0.2, 0.25) is 0 Å². The van der Waals surface area contributed by atoms with Crippen molar-refractivity contribution in [1.82, 2.24) is 5.32 Å². The molecule has 3 aromatic carbocycles. The van der Waals surface area contributed by atoms with E-state index in [1.165, 1.54) is 11.8 Å². The molecular weight excluding hydrogens is 480 g/mol. The number of carbonyl (C=O) groups excluding carboxylic acids is 2. The first kappa shape index (κ1) is 25.8. The van der Waals surface area contributed by atoms with Crippen LogP contribution in [0.15, 0.2) is 101 Å². The number of nitriles is 1. The SMILES string of the molecule is CC1=C(C(=O)Nc2ccccc2)C(c2ccccc2)C(C#N)=C(SCC(=O)Nc2c(C)cccc2C)N1. The van der Waals surface area contributed by atoms with Gasteiger partial charge in [0.1, 0.15) is 0 Å². The summed E-state index contributed by atoms with van der Waals surface area (Å²) in [5, 5.41) is 20.0. The Hall–Kier alpha value is -4.28. The minimum atomic E-state index is -0.569. The van der Waals surface area contributed by atoms with Crippen molar-refractivity contribution in [3.05, 3.63) is 117 Å². The standard InChI is InChI=1S/C30H28N4O2S/c1-19-11-10-12-20(2)28(19)34-25(35)18-37-30-24(17-31)27(22-13-6-4-7-14-22)26(21(3)32-30)29(36)33-23-15-8-5-9-16-23/h4-16,27,32H,18H2,1-3H3,(H,33,36)(H,34,35). The van der Waals surface area contributed by atoms with Crippen molar-refractivity contribution in [1.29, 1.82) is 5.26 Å². The van der Waals surface area contributed by atoms with Crippen LogP contribution in [0.25, 0.3) is 0 Å². The van der Waals surface area contributed by atoms with Gasteiger partial charge < -0.3 is 16.0 Å². The molecule has 0 spiro atoms. The molecule has 1 aliphatic heterocycles. The molecule has 1 unspecified atom stereocenters. The fourth-order valence-corrected chi connectivity index (χ4v) is 5.24. The molecule has 0 bridgehead atoms. The number of carbonyl (C=O) groups is 2. The minimum Gasteiger partial charge on any atom is -0.353 e. The first-order chi connectivity index (χ1) is 17.9. The lowest BCUT2D eigenvalue weighted by Gasteiger charge is -2.30. The van der Waals surface area contributed by atoms with Gasteiger partial charge in [-0.2, -0.15) is 5.26 Å². The molecule has 6 nitrogen and oxygen atoms in total. The first-order valence-corrected chi connectivity index (χ1v) is 12.9. The Morgan fingerprint density at radius 1 is 0.892 bits per heavy atom. The van der Waals surface area contributed by atoms with E-state index in [2.05, 4.69) is 22.0 Å². The second-order valence-electron chi connectivity index (χ2n) is 8.79. The van der Waals surface area contributed by atoms with Gasteiger partial charge in [0.2, 0.25) is 5.91 Å². The Morgan fingerprint density at radius 3 is 2.14 bits per heavy atom. The topological polar surface area (TPSA) is 94.0 Å². The molecular formula is C30H28N4O2S. The zero-order chi connectivity index (χ0) is 26.4. The van der Waals surface area contributed by atoms with E-state index in [4.69, 9.17) is 0 Å². The largest absolute Gasteiger partial charge is 0.353 e. The highest BCUT2D eigenvalue weighted by Gasteiger charge is 2.34. The highest BCUT2D eigenvalue weighted by Crippen LogP contribution is 2.41. The van der Waals surface area contributed by atoms with Crippen LogP contribution in [0.3, 0.4) is 0 Å². The van der Waals surface area contributed by atoms with Crippen LogP contribution in [0.4, 0.5) is 11.4 Å². The average Bonchev–Trinajstić information content (AvgIpc) is 2.90. The van der Waals surface area contributed by atoms with E-state index >= 15 is 0 Å². The number of thioether (sulfide) groups is 1. The van der Waals surface area contributed by atoms with E-state index in [-0.39, 0.29) is 17.6 Å². The number of nitrogens with zero attached hydrogens (tertiary/aromatic N) is 1. The molecule has 1 heterocycles. The number of hydrogen-bond donors (Lipinski definition) is 3. The molecule has 37 heavy (non-hydrogen) atoms. The van der Waals surface area contributed by atoms with Gasteiger partial charge in [-0.3, -0.25) is 9.59 Å². The number of amides is 2. The number of allylic oxidation sites excluding steroid dienone is 2. The fourth-order valence-electron chi connectivity index (χ4n) is 4.35. The molecule has 2 amide bonds. The highest BCUT2D eigenvalue weighted by atomic mass is 32.2. The molecule has 0 radical (unpaired) electrons. The van der Waals surface area contributed by atoms with Gasteiger partial charge in [0.25, 0.3) is 5.91 Å². The van der Waals surface area contributed by atoms with Crippen molar-refractivity contribution in [3.63, 3.8) is 0 Å². The van der Waals surface area contributed by atoms with Crippen molar-refractivity contribution >= 4 is 35.0 Å². The third-order valence-corrected chi connectivity index (χ3v) is 7.17. The van der Waals surface area contributed by atoms with Gasteiger partial charge >= 0.3 is 0 Å². The zero-order valence-corrected chi connectivity index (χ0v) is 21.8. The van der Waals surface area contributed by atoms with Crippen molar-refractivity contribution in [2.24, 2.45) is 0 Å². The Morgan fingerprint density at radius 2 is 1.51 bits per heavy atom. The van der Waals surface area contributed by atoms with Gasteiger partial charge in [-0.15, -0.1) is 0 Å². The summed E-state index contributed by atoms with van der Waals surface area (Å²) in [7, 11) is 0. The normalized spacial score (nSPS) is 15.0. The van der Waals surface area contributed by atoms with Crippen LogP contribution in [0, 0.1) is 25.2 Å². The number of anilines is 2. The Balaban J connectivity index is 1.61. The quantitative estimate of drug-likeness (QED) is 0.363. The van der Waals surface area contributed by atoms with Crippen molar-refractivity contribution in [2.75, 3.05) is 16.4 Å². The van der Waals surface area contributed by atoms with Crippen LogP contribution in [0.1, 0.15) is 29.5 Å². The second-order valence-corrected chi connectivity index (χ2v) is 9.77. The molecule has 0 saturated heterocycles. The number of nitrogens with one attached hydrogen (secondary N) is 3. The molecule has 0 aromatic heterocycles. The van der Waals surface area contributed by atoms with Gasteiger partial charge in [0.15, 0.2) is 0 Å². The van der Waals surface area contributed by atoms with Crippen molar-refractivity contribution < 1.29 is 9.59 Å². The molecule has 0 fully saturated rings. The van der Waals surface area contributed by atoms with Crippen LogP contribution in [-0.2, 0) is 9.59 Å². The number of hydrogen-bond acceptors (Lipinski definition) is 5. The maximum Gasteiger partial charge on any atom is 0.254 e. The predicted molar refractivity (Wildman–Crippen MR) is 150 cm³/mol. The van der Waals surface area contributed by atoms with E-state index in [0.29, 0.717) is 27.6 Å². The van der Waals surface area contributed by atoms with Crippen molar-refractivity contribution in [2.45, 2.75) is 26.7 Å². The molecule has 0 aliphatic carbocycles. The minimum absolute atomic E-state index is 0.113. The molecule has 7 heteroatoms. The molecule has 3 N–H and O–H groups in total. The molecule has 0 saturated carbocycles. The zero-order valence-electron chi connectivity index (χ0n) is 21.0. The summed E-state index contributed by atoms with van der Waals surface area (Å²) < 4.78 is 0. The first-order valence-electron chi connectivity index (χ1n) is 11.9. The molecule has 3 aromatic rings. The van der Waals surface area contributed by atoms with Crippen LogP contribution in [0.5, 0.6) is 0 Å². The average molecular weight is 509 g/mol. The number of aryl methyl sites for hydroxylation is 2. The van der Waals surface area contributed by atoms with Crippen LogP contribution in [-0.4, -0.2) is 17.6 Å². The number of dihydropyridines is 1. The lowest BCUT2D eigenvalue weighted by Crippen LogP contribution is -2.31. The van der Waals surface area contributed by atoms with E-state index < -0.39 is 5.92 Å². The lowest BCUT2D eigenvalue weighted by molar-refractivity contribution is -0.114. The Bertz CT molecular complexity index is 1400. The molecule has 186 valence electrons. The fraction of sp³-hybridized carbons (Fsp3) is 0.167. The monoisotopic (exact) mass is 508 g/mol. The second kappa shape index (κ2) is 11.6. The summed E-state index contributed by atoms with van der Waals surface area (Å²) >= 11 is 1.26. The number of rotatable bonds is 7. The lowest BCUT2D eigenvalue weighted by atomic mass is 9.82. The molecule has 1 aliphatic rings. The summed E-state index contributed by atoms with van der Waals surface area (Å²) in [6.45, 7) is 5.73. The van der Waals surface area contributed by atoms with Gasteiger partial charge in [-0.25, -0.2) is 0 Å². The summed E-state index contributed by atoms with van der Waals surface area (Å²) in [5.41, 5.74) is 5.79. The Labute approximate surface area is 221 Å². The van der Waals surface area contributed by atoms with E-state index in [1.54, 1.807) is 0 Å². The smallest absolute Gasteiger partial charge is 0.254 e. The van der Waals surface area contributed by atoms with Crippen LogP contribution < -0.4 is 16.0 Å². The van der Waals surface area contributed by atoms with E-state index in [9.17, 15) is 14.9 Å². The third kappa shape index (κ3) is 5.93. The number of para-hydroxylation sites is 2. The molecule has 4 rings (SSSR count). The number of benzene rings is 3. The Kier molecular flexibility index (Phi) is 8.11. The summed E-state index contributed by atoms with van der Waals surface area (Å²) in [5.74, 6) is -0.906.